The van der Waals surface area contributed by atoms with Gasteiger partial charge in [-0.05, 0) is 79.9 Å². The van der Waals surface area contributed by atoms with Gasteiger partial charge in [0.15, 0.2) is 0 Å². The zero-order valence-electron chi connectivity index (χ0n) is 19.1. The highest BCUT2D eigenvalue weighted by Crippen LogP contribution is 2.31. The summed E-state index contributed by atoms with van der Waals surface area (Å²) in [5.41, 5.74) is 7.54. The number of hydrogen-bond acceptors (Lipinski definition) is 2. The highest BCUT2D eigenvalue weighted by atomic mass is 19.1. The standard InChI is InChI=1S/C29H31FN2/c1-20(2)21(3)17-22(4)26-15-16-29(27-13-6-5-11-24(27)19-31)32-28(26)14-8-10-23-9-7-12-25(30)18-23/h5-6,9,11,13,15-16,18,21H,1,4,7-8,10,12,14,17H2,2-3H3. The molecule has 0 fully saturated rings. The van der Waals surface area contributed by atoms with E-state index in [-0.39, 0.29) is 5.83 Å². The lowest BCUT2D eigenvalue weighted by Gasteiger charge is -2.17. The predicted molar refractivity (Wildman–Crippen MR) is 131 cm³/mol. The number of pyridine rings is 1. The molecular formula is C29H31FN2. The van der Waals surface area contributed by atoms with Crippen molar-refractivity contribution in [3.63, 3.8) is 0 Å². The van der Waals surface area contributed by atoms with Crippen molar-refractivity contribution in [2.45, 2.75) is 52.4 Å². The van der Waals surface area contributed by atoms with Crippen LogP contribution < -0.4 is 0 Å². The van der Waals surface area contributed by atoms with Crippen molar-refractivity contribution in [1.29, 1.82) is 5.26 Å². The van der Waals surface area contributed by atoms with Crippen molar-refractivity contribution in [1.82, 2.24) is 4.98 Å². The Morgan fingerprint density at radius 3 is 2.69 bits per heavy atom. The molecule has 3 rings (SSSR count). The molecule has 0 spiro atoms. The van der Waals surface area contributed by atoms with Gasteiger partial charge in [0.1, 0.15) is 5.83 Å². The summed E-state index contributed by atoms with van der Waals surface area (Å²) in [6, 6.07) is 13.9. The number of hydrogen-bond donors (Lipinski definition) is 0. The quantitative estimate of drug-likeness (QED) is 0.379. The van der Waals surface area contributed by atoms with Crippen LogP contribution in [-0.4, -0.2) is 4.98 Å². The molecule has 1 heterocycles. The molecule has 1 aromatic heterocycles. The van der Waals surface area contributed by atoms with Crippen molar-refractivity contribution in [2.24, 2.45) is 5.92 Å². The van der Waals surface area contributed by atoms with Gasteiger partial charge >= 0.3 is 0 Å². The summed E-state index contributed by atoms with van der Waals surface area (Å²) in [6.07, 6.45) is 8.38. The summed E-state index contributed by atoms with van der Waals surface area (Å²) in [5.74, 6) is 0.313. The maximum atomic E-state index is 13.6. The monoisotopic (exact) mass is 426 g/mol. The average Bonchev–Trinajstić information content (AvgIpc) is 2.78. The van der Waals surface area contributed by atoms with Crippen molar-refractivity contribution < 1.29 is 4.39 Å². The molecule has 0 N–H and O–H groups in total. The van der Waals surface area contributed by atoms with E-state index in [2.05, 4.69) is 38.3 Å². The molecule has 1 atom stereocenters. The van der Waals surface area contributed by atoms with Gasteiger partial charge in [0.25, 0.3) is 0 Å². The molecule has 0 saturated carbocycles. The average molecular weight is 427 g/mol. The van der Waals surface area contributed by atoms with E-state index >= 15 is 0 Å². The summed E-state index contributed by atoms with van der Waals surface area (Å²) in [7, 11) is 0. The van der Waals surface area contributed by atoms with Crippen LogP contribution in [0.15, 0.2) is 78.7 Å². The Hall–Kier alpha value is -3.25. The Kier molecular flexibility index (Phi) is 7.95. The summed E-state index contributed by atoms with van der Waals surface area (Å²) in [6.45, 7) is 12.6. The molecule has 1 aromatic carbocycles. The molecule has 1 unspecified atom stereocenters. The first-order valence-corrected chi connectivity index (χ1v) is 11.3. The molecule has 32 heavy (non-hydrogen) atoms. The highest BCUT2D eigenvalue weighted by molar-refractivity contribution is 5.71. The fourth-order valence-corrected chi connectivity index (χ4v) is 3.98. The molecule has 2 nitrogen and oxygen atoms in total. The predicted octanol–water partition coefficient (Wildman–Crippen LogP) is 8.13. The van der Waals surface area contributed by atoms with Gasteiger partial charge in [-0.1, -0.05) is 56.0 Å². The number of nitriles is 1. The van der Waals surface area contributed by atoms with E-state index in [9.17, 15) is 9.65 Å². The zero-order valence-corrected chi connectivity index (χ0v) is 19.1. The number of allylic oxidation sites excluding steroid dienone is 6. The lowest BCUT2D eigenvalue weighted by Crippen LogP contribution is -2.03. The summed E-state index contributed by atoms with van der Waals surface area (Å²) in [5, 5.41) is 9.51. The molecular weight excluding hydrogens is 395 g/mol. The topological polar surface area (TPSA) is 36.7 Å². The fraction of sp³-hybridized carbons (Fsp3) is 0.310. The van der Waals surface area contributed by atoms with Gasteiger partial charge in [-0.2, -0.15) is 5.26 Å². The Morgan fingerprint density at radius 2 is 1.97 bits per heavy atom. The number of aryl methyl sites for hydroxylation is 1. The number of aromatic nitrogens is 1. The van der Waals surface area contributed by atoms with Crippen molar-refractivity contribution in [2.75, 3.05) is 0 Å². The van der Waals surface area contributed by atoms with Gasteiger partial charge in [0.2, 0.25) is 0 Å². The lowest BCUT2D eigenvalue weighted by molar-refractivity contribution is 0.582. The Balaban J connectivity index is 1.88. The van der Waals surface area contributed by atoms with E-state index in [1.54, 1.807) is 6.08 Å². The second kappa shape index (κ2) is 10.9. The third kappa shape index (κ3) is 5.92. The molecule has 3 heteroatoms. The van der Waals surface area contributed by atoms with Gasteiger partial charge in [-0.25, -0.2) is 4.39 Å². The number of halogens is 1. The Labute approximate surface area is 191 Å². The highest BCUT2D eigenvalue weighted by Gasteiger charge is 2.15. The van der Waals surface area contributed by atoms with Crippen LogP contribution in [0.1, 0.15) is 62.8 Å². The van der Waals surface area contributed by atoms with Gasteiger partial charge in [-0.3, -0.25) is 4.98 Å². The second-order valence-electron chi connectivity index (χ2n) is 8.67. The van der Waals surface area contributed by atoms with Crippen molar-refractivity contribution in [3.05, 3.63) is 95.5 Å². The fourth-order valence-electron chi connectivity index (χ4n) is 3.98. The van der Waals surface area contributed by atoms with Crippen LogP contribution in [0, 0.1) is 17.2 Å². The Bertz CT molecular complexity index is 1110. The van der Waals surface area contributed by atoms with Crippen LogP contribution in [0.3, 0.4) is 0 Å². The molecule has 2 aromatic rings. The first-order chi connectivity index (χ1) is 15.4. The van der Waals surface area contributed by atoms with E-state index in [4.69, 9.17) is 4.98 Å². The van der Waals surface area contributed by atoms with Gasteiger partial charge in [0.05, 0.1) is 17.3 Å². The minimum atomic E-state index is -0.0291. The van der Waals surface area contributed by atoms with Crippen LogP contribution in [0.2, 0.25) is 0 Å². The van der Waals surface area contributed by atoms with Crippen molar-refractivity contribution in [3.8, 4) is 17.3 Å². The molecule has 0 saturated heterocycles. The largest absolute Gasteiger partial charge is 0.252 e. The maximum absolute atomic E-state index is 13.6. The first-order valence-electron chi connectivity index (χ1n) is 11.3. The van der Waals surface area contributed by atoms with Crippen LogP contribution in [-0.2, 0) is 6.42 Å². The van der Waals surface area contributed by atoms with E-state index in [0.29, 0.717) is 17.9 Å². The lowest BCUT2D eigenvalue weighted by atomic mass is 9.90. The van der Waals surface area contributed by atoms with E-state index in [1.807, 2.05) is 37.3 Å². The Morgan fingerprint density at radius 1 is 1.19 bits per heavy atom. The maximum Gasteiger partial charge on any atom is 0.100 e. The summed E-state index contributed by atoms with van der Waals surface area (Å²) >= 11 is 0. The third-order valence-corrected chi connectivity index (χ3v) is 6.08. The van der Waals surface area contributed by atoms with Gasteiger partial charge < -0.3 is 0 Å². The molecule has 1 aliphatic rings. The molecule has 0 radical (unpaired) electrons. The van der Waals surface area contributed by atoms with Crippen LogP contribution in [0.25, 0.3) is 16.8 Å². The SMILES string of the molecule is C=C(CC(C)C(=C)C)c1ccc(-c2ccccc2C#N)nc1CCCC1=CCCC(F)=C1. The second-order valence-corrected chi connectivity index (χ2v) is 8.67. The van der Waals surface area contributed by atoms with E-state index < -0.39 is 0 Å². The third-order valence-electron chi connectivity index (χ3n) is 6.08. The van der Waals surface area contributed by atoms with Crippen LogP contribution in [0.4, 0.5) is 4.39 Å². The smallest absolute Gasteiger partial charge is 0.100 e. The van der Waals surface area contributed by atoms with Gasteiger partial charge in [-0.15, -0.1) is 0 Å². The minimum Gasteiger partial charge on any atom is -0.252 e. The van der Waals surface area contributed by atoms with E-state index in [0.717, 1.165) is 71.3 Å². The number of nitrogens with zero attached hydrogens (tertiary/aromatic N) is 2. The molecule has 164 valence electrons. The van der Waals surface area contributed by atoms with Gasteiger partial charge in [0, 0.05) is 17.7 Å². The van der Waals surface area contributed by atoms with Crippen molar-refractivity contribution >= 4 is 5.57 Å². The normalized spacial score (nSPS) is 14.2. The molecule has 0 aliphatic heterocycles. The minimum absolute atomic E-state index is 0.0291. The molecule has 1 aliphatic carbocycles. The summed E-state index contributed by atoms with van der Waals surface area (Å²) in [4.78, 5) is 4.98. The first kappa shape index (κ1) is 23.4. The summed E-state index contributed by atoms with van der Waals surface area (Å²) < 4.78 is 13.6. The number of benzene rings is 1. The molecule has 0 amide bonds. The number of rotatable bonds is 9. The zero-order chi connectivity index (χ0) is 23.1. The van der Waals surface area contributed by atoms with Crippen LogP contribution in [0.5, 0.6) is 0 Å². The van der Waals surface area contributed by atoms with Crippen LogP contribution >= 0.6 is 0 Å². The van der Waals surface area contributed by atoms with E-state index in [1.165, 1.54) is 0 Å². The molecule has 0 bridgehead atoms.